The van der Waals surface area contributed by atoms with E-state index in [9.17, 15) is 4.91 Å². The number of hydrogen-bond donors (Lipinski definition) is 2. The second-order valence-electron chi connectivity index (χ2n) is 2.98. The van der Waals surface area contributed by atoms with Crippen LogP contribution in [0.5, 0.6) is 0 Å². The lowest BCUT2D eigenvalue weighted by molar-refractivity contribution is 0.208. The van der Waals surface area contributed by atoms with E-state index in [1.807, 2.05) is 0 Å². The minimum Gasteiger partial charge on any atom is -0.392 e. The number of nitrogens with zero attached hydrogens (tertiary/aromatic N) is 1. The first kappa shape index (κ1) is 10.9. The fourth-order valence-electron chi connectivity index (χ4n) is 0.987. The normalized spacial score (nSPS) is 12.2. The summed E-state index contributed by atoms with van der Waals surface area (Å²) in [7, 11) is 0. The third-order valence-corrected chi connectivity index (χ3v) is 1.88. The molecule has 0 bridgehead atoms. The summed E-state index contributed by atoms with van der Waals surface area (Å²) in [5, 5.41) is 15.3. The molecule has 14 heavy (non-hydrogen) atoms. The molecular weight excluding hydrogens is 204 g/mol. The molecule has 4 nitrogen and oxygen atoms in total. The predicted octanol–water partition coefficient (Wildman–Crippen LogP) is 2.53. The Morgan fingerprint density at radius 3 is 2.93 bits per heavy atom. The molecule has 0 saturated carbocycles. The number of nitrogens with one attached hydrogen (secondary N) is 1. The monoisotopic (exact) mass is 214 g/mol. The van der Waals surface area contributed by atoms with Gasteiger partial charge in [-0.05, 0) is 30.3 Å². The summed E-state index contributed by atoms with van der Waals surface area (Å²) < 4.78 is 0. The highest BCUT2D eigenvalue weighted by Crippen LogP contribution is 2.27. The van der Waals surface area contributed by atoms with E-state index in [2.05, 4.69) is 10.5 Å². The van der Waals surface area contributed by atoms with E-state index in [1.165, 1.54) is 6.07 Å². The molecule has 0 amide bonds. The van der Waals surface area contributed by atoms with Crippen LogP contribution < -0.4 is 5.32 Å². The molecule has 0 saturated heterocycles. The number of hydrogen-bond acceptors (Lipinski definition) is 4. The Labute approximate surface area is 86.9 Å². The zero-order chi connectivity index (χ0) is 10.6. The van der Waals surface area contributed by atoms with Crippen LogP contribution >= 0.6 is 11.6 Å². The highest BCUT2D eigenvalue weighted by Gasteiger charge is 2.04. The average molecular weight is 215 g/mol. The molecule has 76 valence electrons. The quantitative estimate of drug-likeness (QED) is 0.758. The van der Waals surface area contributed by atoms with Gasteiger partial charge in [0, 0.05) is 11.6 Å². The van der Waals surface area contributed by atoms with E-state index in [0.29, 0.717) is 17.3 Å². The van der Waals surface area contributed by atoms with E-state index < -0.39 is 6.10 Å². The van der Waals surface area contributed by atoms with Crippen molar-refractivity contribution in [1.82, 2.24) is 0 Å². The van der Waals surface area contributed by atoms with Crippen LogP contribution in [0.3, 0.4) is 0 Å². The van der Waals surface area contributed by atoms with Crippen LogP contribution in [-0.4, -0.2) is 17.8 Å². The topological polar surface area (TPSA) is 61.7 Å². The van der Waals surface area contributed by atoms with Crippen molar-refractivity contribution in [3.8, 4) is 0 Å². The number of anilines is 1. The van der Waals surface area contributed by atoms with Crippen LogP contribution in [-0.2, 0) is 0 Å². The van der Waals surface area contributed by atoms with E-state index in [-0.39, 0.29) is 5.69 Å². The molecule has 0 radical (unpaired) electrons. The molecule has 0 aliphatic heterocycles. The van der Waals surface area contributed by atoms with Crippen molar-refractivity contribution < 1.29 is 5.11 Å². The highest BCUT2D eigenvalue weighted by atomic mass is 35.5. The summed E-state index contributed by atoms with van der Waals surface area (Å²) in [6.07, 6.45) is -0.492. The molecule has 0 aromatic heterocycles. The number of nitroso groups, excluding NO2 is 1. The van der Waals surface area contributed by atoms with Crippen molar-refractivity contribution in [2.75, 3.05) is 11.9 Å². The molecule has 0 heterocycles. The Kier molecular flexibility index (Phi) is 3.85. The summed E-state index contributed by atoms with van der Waals surface area (Å²) in [6.45, 7) is 1.99. The van der Waals surface area contributed by atoms with Crippen LogP contribution in [0.4, 0.5) is 11.4 Å². The maximum atomic E-state index is 10.4. The van der Waals surface area contributed by atoms with E-state index in [4.69, 9.17) is 16.7 Å². The summed E-state index contributed by atoms with van der Waals surface area (Å²) in [6, 6.07) is 4.71. The standard InChI is InChI=1S/C9H11ClN2O2/c1-6(13)5-11-9-4-7(10)2-3-8(9)12-14/h2-4,6,11,13H,5H2,1H3/t6-/m0/s1. The first-order valence-electron chi connectivity index (χ1n) is 4.18. The van der Waals surface area contributed by atoms with Gasteiger partial charge in [-0.2, -0.15) is 0 Å². The van der Waals surface area contributed by atoms with Gasteiger partial charge in [-0.1, -0.05) is 11.6 Å². The fourth-order valence-corrected chi connectivity index (χ4v) is 1.16. The molecule has 0 aliphatic carbocycles. The van der Waals surface area contributed by atoms with Gasteiger partial charge in [0.25, 0.3) is 0 Å². The number of aliphatic hydroxyl groups excluding tert-OH is 1. The lowest BCUT2D eigenvalue weighted by Crippen LogP contribution is -2.15. The second-order valence-corrected chi connectivity index (χ2v) is 3.42. The largest absolute Gasteiger partial charge is 0.392 e. The zero-order valence-corrected chi connectivity index (χ0v) is 8.45. The number of rotatable bonds is 4. The molecule has 0 unspecified atom stereocenters. The third-order valence-electron chi connectivity index (χ3n) is 1.64. The molecule has 1 aromatic carbocycles. The van der Waals surface area contributed by atoms with E-state index in [0.717, 1.165) is 0 Å². The molecular formula is C9H11ClN2O2. The van der Waals surface area contributed by atoms with Gasteiger partial charge in [0.2, 0.25) is 0 Å². The van der Waals surface area contributed by atoms with Gasteiger partial charge in [-0.15, -0.1) is 4.91 Å². The maximum absolute atomic E-state index is 10.4. The number of benzene rings is 1. The molecule has 1 atom stereocenters. The van der Waals surface area contributed by atoms with Crippen molar-refractivity contribution in [2.24, 2.45) is 5.18 Å². The second kappa shape index (κ2) is 4.93. The fraction of sp³-hybridized carbons (Fsp3) is 0.333. The molecule has 1 rings (SSSR count). The van der Waals surface area contributed by atoms with Crippen LogP contribution in [0.1, 0.15) is 6.92 Å². The number of halogens is 1. The van der Waals surface area contributed by atoms with Crippen LogP contribution in [0.2, 0.25) is 5.02 Å². The van der Waals surface area contributed by atoms with E-state index >= 15 is 0 Å². The predicted molar refractivity (Wildman–Crippen MR) is 57.1 cm³/mol. The molecule has 1 aromatic rings. The van der Waals surface area contributed by atoms with Crippen molar-refractivity contribution in [3.05, 3.63) is 28.1 Å². The summed E-state index contributed by atoms with van der Waals surface area (Å²) in [4.78, 5) is 10.4. The van der Waals surface area contributed by atoms with Gasteiger partial charge in [-0.25, -0.2) is 0 Å². The Bertz CT molecular complexity index is 329. The number of aliphatic hydroxyl groups is 1. The van der Waals surface area contributed by atoms with Crippen LogP contribution in [0.25, 0.3) is 0 Å². The molecule has 0 fully saturated rings. The highest BCUT2D eigenvalue weighted by molar-refractivity contribution is 6.31. The van der Waals surface area contributed by atoms with Gasteiger partial charge >= 0.3 is 0 Å². The van der Waals surface area contributed by atoms with Gasteiger partial charge < -0.3 is 10.4 Å². The Morgan fingerprint density at radius 2 is 2.36 bits per heavy atom. The van der Waals surface area contributed by atoms with E-state index in [1.54, 1.807) is 19.1 Å². The van der Waals surface area contributed by atoms with Gasteiger partial charge in [0.1, 0.15) is 5.69 Å². The Balaban J connectivity index is 2.82. The van der Waals surface area contributed by atoms with Crippen molar-refractivity contribution in [3.63, 3.8) is 0 Å². The lowest BCUT2D eigenvalue weighted by atomic mass is 10.2. The molecule has 0 aliphatic rings. The summed E-state index contributed by atoms with van der Waals surface area (Å²) >= 11 is 5.74. The van der Waals surface area contributed by atoms with Crippen molar-refractivity contribution >= 4 is 23.0 Å². The SMILES string of the molecule is C[C@H](O)CNc1cc(Cl)ccc1N=O. The van der Waals surface area contributed by atoms with Crippen molar-refractivity contribution in [2.45, 2.75) is 13.0 Å². The first-order valence-corrected chi connectivity index (χ1v) is 4.56. The third kappa shape index (κ3) is 2.97. The van der Waals surface area contributed by atoms with Crippen molar-refractivity contribution in [1.29, 1.82) is 0 Å². The smallest absolute Gasteiger partial charge is 0.131 e. The van der Waals surface area contributed by atoms with Gasteiger partial charge in [0.15, 0.2) is 0 Å². The van der Waals surface area contributed by atoms with Crippen LogP contribution in [0, 0.1) is 4.91 Å². The Morgan fingerprint density at radius 1 is 1.64 bits per heavy atom. The maximum Gasteiger partial charge on any atom is 0.131 e. The molecule has 2 N–H and O–H groups in total. The van der Waals surface area contributed by atoms with Crippen LogP contribution in [0.15, 0.2) is 23.4 Å². The first-order chi connectivity index (χ1) is 6.63. The molecule has 0 spiro atoms. The summed E-state index contributed by atoms with van der Waals surface area (Å²) in [5.74, 6) is 0. The average Bonchev–Trinajstić information content (AvgIpc) is 2.15. The zero-order valence-electron chi connectivity index (χ0n) is 7.70. The minimum atomic E-state index is -0.492. The minimum absolute atomic E-state index is 0.287. The lowest BCUT2D eigenvalue weighted by Gasteiger charge is -2.09. The van der Waals surface area contributed by atoms with Gasteiger partial charge in [0.05, 0.1) is 11.8 Å². The Hall–Kier alpha value is -1.13. The molecule has 5 heteroatoms. The summed E-state index contributed by atoms with van der Waals surface area (Å²) in [5.41, 5.74) is 0.823. The van der Waals surface area contributed by atoms with Gasteiger partial charge in [-0.3, -0.25) is 0 Å².